The fourth-order valence-electron chi connectivity index (χ4n) is 1.80. The largest absolute Gasteiger partial charge is 0.348 e. The minimum atomic E-state index is 0.0569. The van der Waals surface area contributed by atoms with E-state index >= 15 is 0 Å². The maximum atomic E-state index is 12.0. The summed E-state index contributed by atoms with van der Waals surface area (Å²) in [5.41, 5.74) is 0.989. The number of rotatable bonds is 5. The number of pyridine rings is 1. The first-order valence-corrected chi connectivity index (χ1v) is 6.89. The van der Waals surface area contributed by atoms with Crippen LogP contribution in [-0.2, 0) is 11.2 Å². The lowest BCUT2D eigenvalue weighted by Gasteiger charge is -2.15. The smallest absolute Gasteiger partial charge is 0.224 e. The van der Waals surface area contributed by atoms with Crippen LogP contribution >= 0.6 is 11.3 Å². The summed E-state index contributed by atoms with van der Waals surface area (Å²) in [4.78, 5) is 17.1. The zero-order valence-electron chi connectivity index (χ0n) is 10.3. The number of carbonyl (C=O) groups is 1. The van der Waals surface area contributed by atoms with Gasteiger partial charge in [-0.05, 0) is 35.6 Å². The van der Waals surface area contributed by atoms with Crippen LogP contribution in [0.25, 0.3) is 0 Å². The molecular weight excluding hydrogens is 244 g/mol. The van der Waals surface area contributed by atoms with Gasteiger partial charge in [0, 0.05) is 17.3 Å². The number of thiophene rings is 1. The molecule has 0 bridgehead atoms. The number of nitrogens with one attached hydrogen (secondary N) is 1. The van der Waals surface area contributed by atoms with Crippen LogP contribution in [0.1, 0.15) is 29.8 Å². The molecule has 0 aliphatic rings. The molecule has 2 heterocycles. The van der Waals surface area contributed by atoms with Crippen molar-refractivity contribution in [3.63, 3.8) is 0 Å². The molecule has 3 nitrogen and oxygen atoms in total. The number of nitrogens with zero attached hydrogens (tertiary/aromatic N) is 1. The molecule has 2 aromatic heterocycles. The lowest BCUT2D eigenvalue weighted by atomic mass is 10.1. The maximum Gasteiger partial charge on any atom is 0.224 e. The second kappa shape index (κ2) is 6.31. The highest BCUT2D eigenvalue weighted by atomic mass is 32.1. The van der Waals surface area contributed by atoms with E-state index in [0.717, 1.165) is 12.0 Å². The molecule has 1 amide bonds. The second-order valence-corrected chi connectivity index (χ2v) is 5.06. The highest BCUT2D eigenvalue weighted by molar-refractivity contribution is 7.10. The summed E-state index contributed by atoms with van der Waals surface area (Å²) in [6.45, 7) is 2.08. The SMILES string of the molecule is CC[C@@H](NC(=O)Cc1ccncc1)c1cccs1. The third-order valence-electron chi connectivity index (χ3n) is 2.74. The van der Waals surface area contributed by atoms with E-state index in [4.69, 9.17) is 0 Å². The van der Waals surface area contributed by atoms with Crippen molar-refractivity contribution >= 4 is 17.2 Å². The van der Waals surface area contributed by atoms with Gasteiger partial charge in [-0.3, -0.25) is 9.78 Å². The number of amides is 1. The summed E-state index contributed by atoms with van der Waals surface area (Å²) in [6.07, 6.45) is 4.73. The Labute approximate surface area is 111 Å². The maximum absolute atomic E-state index is 12.0. The van der Waals surface area contributed by atoms with Crippen LogP contribution in [0, 0.1) is 0 Å². The molecular formula is C14H16N2OS. The first-order chi connectivity index (χ1) is 8.79. The van der Waals surface area contributed by atoms with Crippen molar-refractivity contribution in [3.8, 4) is 0 Å². The van der Waals surface area contributed by atoms with Gasteiger partial charge in [-0.15, -0.1) is 11.3 Å². The molecule has 2 aromatic rings. The fraction of sp³-hybridized carbons (Fsp3) is 0.286. The Hall–Kier alpha value is -1.68. The summed E-state index contributed by atoms with van der Waals surface area (Å²) < 4.78 is 0. The van der Waals surface area contributed by atoms with Crippen LogP contribution < -0.4 is 5.32 Å². The molecule has 0 aliphatic heterocycles. The molecule has 0 saturated carbocycles. The van der Waals surface area contributed by atoms with E-state index in [-0.39, 0.29) is 11.9 Å². The molecule has 2 rings (SSSR count). The molecule has 18 heavy (non-hydrogen) atoms. The molecule has 0 spiro atoms. The Kier molecular flexibility index (Phi) is 4.47. The van der Waals surface area contributed by atoms with Crippen molar-refractivity contribution in [3.05, 3.63) is 52.5 Å². The van der Waals surface area contributed by atoms with Crippen LogP contribution in [-0.4, -0.2) is 10.9 Å². The fourth-order valence-corrected chi connectivity index (χ4v) is 2.66. The van der Waals surface area contributed by atoms with Crippen LogP contribution in [0.4, 0.5) is 0 Å². The monoisotopic (exact) mass is 260 g/mol. The van der Waals surface area contributed by atoms with Crippen LogP contribution in [0.5, 0.6) is 0 Å². The highest BCUT2D eigenvalue weighted by Gasteiger charge is 2.13. The number of hydrogen-bond acceptors (Lipinski definition) is 3. The van der Waals surface area contributed by atoms with E-state index < -0.39 is 0 Å². The summed E-state index contributed by atoms with van der Waals surface area (Å²) >= 11 is 1.68. The molecule has 0 aromatic carbocycles. The quantitative estimate of drug-likeness (QED) is 0.898. The van der Waals surface area contributed by atoms with Crippen LogP contribution in [0.15, 0.2) is 42.0 Å². The summed E-state index contributed by atoms with van der Waals surface area (Å²) in [6, 6.07) is 7.93. The van der Waals surface area contributed by atoms with E-state index in [2.05, 4.69) is 23.3 Å². The standard InChI is InChI=1S/C14H16N2OS/c1-2-12(13-4-3-9-18-13)16-14(17)10-11-5-7-15-8-6-11/h3-9,12H,2,10H2,1H3,(H,16,17)/t12-/m1/s1. The molecule has 0 radical (unpaired) electrons. The van der Waals surface area contributed by atoms with Gasteiger partial charge in [0.1, 0.15) is 0 Å². The van der Waals surface area contributed by atoms with Gasteiger partial charge in [0.05, 0.1) is 12.5 Å². The summed E-state index contributed by atoms with van der Waals surface area (Å²) in [7, 11) is 0. The van der Waals surface area contributed by atoms with E-state index in [1.165, 1.54) is 4.88 Å². The first-order valence-electron chi connectivity index (χ1n) is 6.01. The van der Waals surface area contributed by atoms with E-state index in [9.17, 15) is 4.79 Å². The van der Waals surface area contributed by atoms with Gasteiger partial charge in [-0.1, -0.05) is 13.0 Å². The Bertz CT molecular complexity index is 482. The summed E-state index contributed by atoms with van der Waals surface area (Å²) in [5.74, 6) is 0.0569. The second-order valence-electron chi connectivity index (χ2n) is 4.08. The molecule has 0 aliphatic carbocycles. The zero-order valence-corrected chi connectivity index (χ0v) is 11.1. The lowest BCUT2D eigenvalue weighted by Crippen LogP contribution is -2.29. The van der Waals surface area contributed by atoms with Crippen molar-refractivity contribution in [1.82, 2.24) is 10.3 Å². The van der Waals surface area contributed by atoms with E-state index in [0.29, 0.717) is 6.42 Å². The predicted molar refractivity (Wildman–Crippen MR) is 73.4 cm³/mol. The predicted octanol–water partition coefficient (Wildman–Crippen LogP) is 2.95. The van der Waals surface area contributed by atoms with Gasteiger partial charge in [0.25, 0.3) is 0 Å². The third-order valence-corrected chi connectivity index (χ3v) is 3.73. The minimum Gasteiger partial charge on any atom is -0.348 e. The average Bonchev–Trinajstić information content (AvgIpc) is 2.91. The topological polar surface area (TPSA) is 42.0 Å². The molecule has 0 fully saturated rings. The Morgan fingerprint density at radius 2 is 2.17 bits per heavy atom. The van der Waals surface area contributed by atoms with Gasteiger partial charge in [0.2, 0.25) is 5.91 Å². The number of carbonyl (C=O) groups excluding carboxylic acids is 1. The number of hydrogen-bond donors (Lipinski definition) is 1. The Morgan fingerprint density at radius 3 is 2.78 bits per heavy atom. The molecule has 4 heteroatoms. The van der Waals surface area contributed by atoms with Crippen molar-refractivity contribution < 1.29 is 4.79 Å². The highest BCUT2D eigenvalue weighted by Crippen LogP contribution is 2.21. The van der Waals surface area contributed by atoms with Crippen molar-refractivity contribution in [2.75, 3.05) is 0 Å². The molecule has 1 N–H and O–H groups in total. The van der Waals surface area contributed by atoms with Crippen LogP contribution in [0.3, 0.4) is 0 Å². The summed E-state index contributed by atoms with van der Waals surface area (Å²) in [5, 5.41) is 5.10. The molecule has 0 saturated heterocycles. The third kappa shape index (κ3) is 3.40. The van der Waals surface area contributed by atoms with Crippen molar-refractivity contribution in [2.24, 2.45) is 0 Å². The molecule has 1 atom stereocenters. The molecule has 0 unspecified atom stereocenters. The average molecular weight is 260 g/mol. The van der Waals surface area contributed by atoms with Crippen molar-refractivity contribution in [2.45, 2.75) is 25.8 Å². The zero-order chi connectivity index (χ0) is 12.8. The lowest BCUT2D eigenvalue weighted by molar-refractivity contribution is -0.121. The minimum absolute atomic E-state index is 0.0569. The molecule has 94 valence electrons. The van der Waals surface area contributed by atoms with Gasteiger partial charge < -0.3 is 5.32 Å². The first kappa shape index (κ1) is 12.8. The van der Waals surface area contributed by atoms with Gasteiger partial charge >= 0.3 is 0 Å². The normalized spacial score (nSPS) is 12.1. The van der Waals surface area contributed by atoms with Gasteiger partial charge in [0.15, 0.2) is 0 Å². The number of aromatic nitrogens is 1. The van der Waals surface area contributed by atoms with Gasteiger partial charge in [-0.2, -0.15) is 0 Å². The Morgan fingerprint density at radius 1 is 1.39 bits per heavy atom. The van der Waals surface area contributed by atoms with E-state index in [1.807, 2.05) is 23.6 Å². The van der Waals surface area contributed by atoms with Gasteiger partial charge in [-0.25, -0.2) is 0 Å². The van der Waals surface area contributed by atoms with E-state index in [1.54, 1.807) is 23.7 Å². The van der Waals surface area contributed by atoms with Crippen molar-refractivity contribution in [1.29, 1.82) is 0 Å². The Balaban J connectivity index is 1.94. The van der Waals surface area contributed by atoms with Crippen LogP contribution in [0.2, 0.25) is 0 Å².